The molecular weight excluding hydrogens is 371 g/mol. The number of nitrogens with one attached hydrogen (secondary N) is 1. The lowest BCUT2D eigenvalue weighted by atomic mass is 10.1. The Bertz CT molecular complexity index is 1010. The van der Waals surface area contributed by atoms with Crippen LogP contribution in [0.25, 0.3) is 11.6 Å². The van der Waals surface area contributed by atoms with Crippen molar-refractivity contribution >= 4 is 52.4 Å². The van der Waals surface area contributed by atoms with E-state index in [1.54, 1.807) is 24.3 Å². The maximum Gasteiger partial charge on any atom is 0.232 e. The molecule has 0 aliphatic carbocycles. The molecule has 6 nitrogen and oxygen atoms in total. The Morgan fingerprint density at radius 3 is 2.54 bits per heavy atom. The van der Waals surface area contributed by atoms with Gasteiger partial charge in [-0.15, -0.1) is 0 Å². The first-order valence-corrected chi connectivity index (χ1v) is 8.21. The van der Waals surface area contributed by atoms with Gasteiger partial charge in [-0.05, 0) is 35.9 Å². The number of hydrogen-bond donors (Lipinski definition) is 2. The normalized spacial score (nSPS) is 11.0. The predicted octanol–water partition coefficient (Wildman–Crippen LogP) is 4.57. The molecule has 0 atom stereocenters. The summed E-state index contributed by atoms with van der Waals surface area (Å²) in [5.74, 6) is 0.378. The maximum absolute atomic E-state index is 9.51. The Balaban J connectivity index is 1.98. The van der Waals surface area contributed by atoms with Crippen molar-refractivity contribution < 1.29 is 0 Å². The highest BCUT2D eigenvalue weighted by Gasteiger charge is 2.11. The van der Waals surface area contributed by atoms with Gasteiger partial charge >= 0.3 is 0 Å². The monoisotopic (exact) mass is 382 g/mol. The van der Waals surface area contributed by atoms with Gasteiger partial charge in [0.2, 0.25) is 11.9 Å². The highest BCUT2D eigenvalue weighted by atomic mass is 35.5. The number of nitrogens with two attached hydrogens (primary N) is 1. The second kappa shape index (κ2) is 7.83. The number of halogens is 2. The molecule has 0 unspecified atom stereocenters. The molecule has 0 radical (unpaired) electrons. The van der Waals surface area contributed by atoms with Gasteiger partial charge in [-0.3, -0.25) is 0 Å². The predicted molar refractivity (Wildman–Crippen MR) is 104 cm³/mol. The largest absolute Gasteiger partial charge is 0.368 e. The minimum Gasteiger partial charge on any atom is -0.368 e. The Morgan fingerprint density at radius 1 is 1.08 bits per heavy atom. The smallest absolute Gasteiger partial charge is 0.232 e. The number of para-hydroxylation sites is 1. The molecule has 26 heavy (non-hydrogen) atoms. The molecule has 1 aromatic heterocycles. The van der Waals surface area contributed by atoms with Crippen LogP contribution in [0.4, 0.5) is 17.6 Å². The van der Waals surface area contributed by atoms with Crippen LogP contribution in [0.1, 0.15) is 11.4 Å². The van der Waals surface area contributed by atoms with E-state index in [2.05, 4.69) is 26.3 Å². The second-order valence-corrected chi connectivity index (χ2v) is 6.01. The van der Waals surface area contributed by atoms with Crippen LogP contribution in [0, 0.1) is 11.3 Å². The summed E-state index contributed by atoms with van der Waals surface area (Å²) in [6.07, 6.45) is 1.57. The van der Waals surface area contributed by atoms with Crippen LogP contribution in [0.3, 0.4) is 0 Å². The van der Waals surface area contributed by atoms with Crippen molar-refractivity contribution in [1.29, 1.82) is 5.26 Å². The number of allylic oxidation sites excluding steroid dienone is 1. The molecule has 8 heteroatoms. The van der Waals surface area contributed by atoms with Gasteiger partial charge in [0.1, 0.15) is 6.07 Å². The van der Waals surface area contributed by atoms with Crippen molar-refractivity contribution in [2.75, 3.05) is 11.1 Å². The fourth-order valence-corrected chi connectivity index (χ4v) is 2.60. The van der Waals surface area contributed by atoms with Crippen molar-refractivity contribution in [3.05, 3.63) is 70.0 Å². The lowest BCUT2D eigenvalue weighted by Gasteiger charge is -2.07. The Labute approximate surface area is 159 Å². The minimum absolute atomic E-state index is 0.00298. The van der Waals surface area contributed by atoms with Gasteiger partial charge in [0.25, 0.3) is 0 Å². The first-order valence-electron chi connectivity index (χ1n) is 7.46. The number of anilines is 3. The number of hydrogen-bond acceptors (Lipinski definition) is 6. The highest BCUT2D eigenvalue weighted by molar-refractivity contribution is 6.35. The zero-order valence-corrected chi connectivity index (χ0v) is 14.8. The van der Waals surface area contributed by atoms with E-state index in [4.69, 9.17) is 28.9 Å². The Morgan fingerprint density at radius 2 is 1.85 bits per heavy atom. The molecule has 128 valence electrons. The van der Waals surface area contributed by atoms with Crippen molar-refractivity contribution in [3.8, 4) is 6.07 Å². The summed E-state index contributed by atoms with van der Waals surface area (Å²) in [5, 5.41) is 13.4. The molecule has 0 spiro atoms. The third-order valence-electron chi connectivity index (χ3n) is 3.31. The lowest BCUT2D eigenvalue weighted by molar-refractivity contribution is 1.04. The average Bonchev–Trinajstić information content (AvgIpc) is 2.61. The van der Waals surface area contributed by atoms with E-state index in [0.29, 0.717) is 15.6 Å². The summed E-state index contributed by atoms with van der Waals surface area (Å²) in [4.78, 5) is 12.4. The summed E-state index contributed by atoms with van der Waals surface area (Å²) >= 11 is 12.1. The van der Waals surface area contributed by atoms with E-state index in [9.17, 15) is 5.26 Å². The zero-order valence-electron chi connectivity index (χ0n) is 13.3. The summed E-state index contributed by atoms with van der Waals surface area (Å²) in [7, 11) is 0. The van der Waals surface area contributed by atoms with Gasteiger partial charge in [0.15, 0.2) is 5.82 Å². The molecule has 3 rings (SSSR count). The molecule has 1 heterocycles. The minimum atomic E-state index is -0.00298. The number of nitriles is 1. The van der Waals surface area contributed by atoms with Gasteiger partial charge < -0.3 is 11.1 Å². The lowest BCUT2D eigenvalue weighted by Crippen LogP contribution is -2.06. The van der Waals surface area contributed by atoms with Gasteiger partial charge in [-0.1, -0.05) is 47.5 Å². The fourth-order valence-electron chi connectivity index (χ4n) is 2.14. The molecule has 0 saturated carbocycles. The molecule has 0 saturated heterocycles. The number of nitrogen functional groups attached to an aromatic ring is 1. The van der Waals surface area contributed by atoms with Crippen molar-refractivity contribution in [1.82, 2.24) is 15.0 Å². The molecule has 0 aliphatic rings. The fraction of sp³-hybridized carbons (Fsp3) is 0. The molecule has 0 fully saturated rings. The van der Waals surface area contributed by atoms with E-state index in [1.165, 1.54) is 0 Å². The van der Waals surface area contributed by atoms with Crippen LogP contribution in [0.2, 0.25) is 10.0 Å². The van der Waals surface area contributed by atoms with E-state index in [-0.39, 0.29) is 23.3 Å². The van der Waals surface area contributed by atoms with Crippen molar-refractivity contribution in [2.45, 2.75) is 0 Å². The van der Waals surface area contributed by atoms with Crippen LogP contribution in [0.15, 0.2) is 48.5 Å². The Kier molecular flexibility index (Phi) is 5.32. The number of aromatic nitrogens is 3. The third-order valence-corrected chi connectivity index (χ3v) is 3.87. The topological polar surface area (TPSA) is 101 Å². The molecule has 3 N–H and O–H groups in total. The van der Waals surface area contributed by atoms with E-state index < -0.39 is 0 Å². The van der Waals surface area contributed by atoms with Crippen molar-refractivity contribution in [3.63, 3.8) is 0 Å². The summed E-state index contributed by atoms with van der Waals surface area (Å²) in [5.41, 5.74) is 7.36. The molecule has 0 aliphatic heterocycles. The molecule has 0 bridgehead atoms. The highest BCUT2D eigenvalue weighted by Crippen LogP contribution is 2.25. The second-order valence-electron chi connectivity index (χ2n) is 5.17. The number of nitrogens with zero attached hydrogens (tertiary/aromatic N) is 4. The van der Waals surface area contributed by atoms with Crippen LogP contribution in [-0.4, -0.2) is 15.0 Å². The van der Waals surface area contributed by atoms with Crippen LogP contribution in [0.5, 0.6) is 0 Å². The van der Waals surface area contributed by atoms with E-state index >= 15 is 0 Å². The SMILES string of the molecule is N#C/C(=C\c1ccc(Cl)cc1Cl)c1nc(N)nc(Nc2ccccc2)n1. The van der Waals surface area contributed by atoms with Crippen LogP contribution in [-0.2, 0) is 0 Å². The molecular formula is C18H12Cl2N6. The third kappa shape index (κ3) is 4.28. The zero-order chi connectivity index (χ0) is 18.5. The average molecular weight is 383 g/mol. The quantitative estimate of drug-likeness (QED) is 0.640. The molecule has 0 amide bonds. The number of rotatable bonds is 4. The summed E-state index contributed by atoms with van der Waals surface area (Å²) in [6.45, 7) is 0. The summed E-state index contributed by atoms with van der Waals surface area (Å²) < 4.78 is 0. The maximum atomic E-state index is 9.51. The Hall–Kier alpha value is -3.14. The van der Waals surface area contributed by atoms with Gasteiger partial charge in [0, 0.05) is 15.7 Å². The van der Waals surface area contributed by atoms with Crippen molar-refractivity contribution in [2.24, 2.45) is 0 Å². The molecule has 2 aromatic carbocycles. The summed E-state index contributed by atoms with van der Waals surface area (Å²) in [6, 6.07) is 16.4. The first-order chi connectivity index (χ1) is 12.5. The van der Waals surface area contributed by atoms with Gasteiger partial charge in [0.05, 0.1) is 5.57 Å². The van der Waals surface area contributed by atoms with Crippen LogP contribution >= 0.6 is 23.2 Å². The van der Waals surface area contributed by atoms with Gasteiger partial charge in [-0.2, -0.15) is 20.2 Å². The number of benzene rings is 2. The molecule has 3 aromatic rings. The van der Waals surface area contributed by atoms with Crippen LogP contribution < -0.4 is 11.1 Å². The van der Waals surface area contributed by atoms with Gasteiger partial charge in [-0.25, -0.2) is 0 Å². The van der Waals surface area contributed by atoms with E-state index in [0.717, 1.165) is 5.69 Å². The van der Waals surface area contributed by atoms with E-state index in [1.807, 2.05) is 30.3 Å². The standard InChI is InChI=1S/C18H12Cl2N6/c19-13-7-6-11(15(20)9-13)8-12(10-21)16-24-17(22)26-18(25-16)23-14-4-2-1-3-5-14/h1-9H,(H3,22,23,24,25,26)/b12-8+. The first kappa shape index (κ1) is 17.7.